The molecule has 0 atom stereocenters. The lowest BCUT2D eigenvalue weighted by atomic mass is 10.1. The molecule has 17 heavy (non-hydrogen) atoms. The van der Waals surface area contributed by atoms with Crippen molar-refractivity contribution in [2.45, 2.75) is 52.2 Å². The van der Waals surface area contributed by atoms with E-state index in [-0.39, 0.29) is 0 Å². The van der Waals surface area contributed by atoms with Gasteiger partial charge in [-0.1, -0.05) is 38.8 Å². The lowest BCUT2D eigenvalue weighted by Gasteiger charge is -2.19. The van der Waals surface area contributed by atoms with Gasteiger partial charge >= 0.3 is 0 Å². The van der Waals surface area contributed by atoms with E-state index in [0.717, 1.165) is 0 Å². The van der Waals surface area contributed by atoms with Crippen LogP contribution in [-0.2, 0) is 11.3 Å². The van der Waals surface area contributed by atoms with Crippen LogP contribution < -0.4 is 5.32 Å². The summed E-state index contributed by atoms with van der Waals surface area (Å²) in [7, 11) is 1.73. The summed E-state index contributed by atoms with van der Waals surface area (Å²) in [5.74, 6) is 0. The fourth-order valence-electron chi connectivity index (χ4n) is 2.14. The van der Waals surface area contributed by atoms with Crippen LogP contribution in [0.4, 0.5) is 5.69 Å². The molecule has 0 spiro atoms. The molecule has 0 unspecified atom stereocenters. The number of hydrogen-bond donors (Lipinski definition) is 1. The van der Waals surface area contributed by atoms with Crippen molar-refractivity contribution in [3.63, 3.8) is 0 Å². The van der Waals surface area contributed by atoms with Crippen molar-refractivity contribution in [2.75, 3.05) is 12.4 Å². The minimum absolute atomic E-state index is 0.600. The van der Waals surface area contributed by atoms with Crippen LogP contribution in [-0.4, -0.2) is 13.2 Å². The minimum atomic E-state index is 0.600. The number of hydrogen-bond acceptors (Lipinski definition) is 2. The first-order chi connectivity index (χ1) is 8.30. The van der Waals surface area contributed by atoms with Crippen LogP contribution in [0.25, 0.3) is 0 Å². The fourth-order valence-corrected chi connectivity index (χ4v) is 2.14. The van der Waals surface area contributed by atoms with Gasteiger partial charge in [-0.15, -0.1) is 0 Å². The van der Waals surface area contributed by atoms with Crippen molar-refractivity contribution in [3.05, 3.63) is 29.8 Å². The molecule has 0 aromatic heterocycles. The summed E-state index contributed by atoms with van der Waals surface area (Å²) in [6.07, 6.45) is 4.94. The first kappa shape index (κ1) is 14.0. The van der Waals surface area contributed by atoms with Crippen LogP contribution in [0.2, 0.25) is 0 Å². The Kier molecular flexibility index (Phi) is 6.71. The number of rotatable bonds is 8. The number of benzene rings is 1. The summed E-state index contributed by atoms with van der Waals surface area (Å²) < 4.78 is 5.16. The van der Waals surface area contributed by atoms with Gasteiger partial charge in [0.25, 0.3) is 0 Å². The van der Waals surface area contributed by atoms with E-state index in [2.05, 4.69) is 43.4 Å². The average Bonchev–Trinajstić information content (AvgIpc) is 2.30. The molecule has 2 nitrogen and oxygen atoms in total. The fraction of sp³-hybridized carbons (Fsp3) is 0.600. The predicted molar refractivity (Wildman–Crippen MR) is 74.4 cm³/mol. The quantitative estimate of drug-likeness (QED) is 0.728. The molecule has 0 bridgehead atoms. The molecule has 0 amide bonds. The first-order valence-electron chi connectivity index (χ1n) is 6.64. The van der Waals surface area contributed by atoms with Gasteiger partial charge in [0, 0.05) is 18.8 Å². The van der Waals surface area contributed by atoms with Crippen molar-refractivity contribution >= 4 is 5.69 Å². The Morgan fingerprint density at radius 1 is 1.18 bits per heavy atom. The molecule has 0 aliphatic rings. The van der Waals surface area contributed by atoms with E-state index in [1.54, 1.807) is 7.11 Å². The summed E-state index contributed by atoms with van der Waals surface area (Å²) in [4.78, 5) is 0. The summed E-state index contributed by atoms with van der Waals surface area (Å²) >= 11 is 0. The smallest absolute Gasteiger partial charge is 0.0713 e. The summed E-state index contributed by atoms with van der Waals surface area (Å²) in [5, 5.41) is 3.62. The first-order valence-corrected chi connectivity index (χ1v) is 6.64. The molecule has 0 aliphatic carbocycles. The monoisotopic (exact) mass is 235 g/mol. The van der Waals surface area contributed by atoms with E-state index in [1.165, 1.54) is 36.9 Å². The van der Waals surface area contributed by atoms with Crippen molar-refractivity contribution in [3.8, 4) is 0 Å². The van der Waals surface area contributed by atoms with Crippen LogP contribution in [0.1, 0.15) is 45.1 Å². The Morgan fingerprint density at radius 3 is 2.47 bits per heavy atom. The molecule has 1 rings (SSSR count). The van der Waals surface area contributed by atoms with Crippen LogP contribution in [0.15, 0.2) is 24.3 Å². The van der Waals surface area contributed by atoms with Crippen LogP contribution in [0.3, 0.4) is 0 Å². The normalized spacial score (nSPS) is 10.8. The van der Waals surface area contributed by atoms with Gasteiger partial charge in [0.15, 0.2) is 0 Å². The SMILES string of the molecule is CCCC(CCC)Nc1cccc(COC)c1. The van der Waals surface area contributed by atoms with Gasteiger partial charge < -0.3 is 10.1 Å². The Hall–Kier alpha value is -1.02. The Labute approximate surface area is 105 Å². The molecular weight excluding hydrogens is 210 g/mol. The minimum Gasteiger partial charge on any atom is -0.382 e. The van der Waals surface area contributed by atoms with Gasteiger partial charge in [0.05, 0.1) is 6.61 Å². The van der Waals surface area contributed by atoms with Crippen LogP contribution in [0, 0.1) is 0 Å². The molecule has 96 valence electrons. The molecule has 0 saturated carbocycles. The van der Waals surface area contributed by atoms with Gasteiger partial charge in [0.2, 0.25) is 0 Å². The highest BCUT2D eigenvalue weighted by Gasteiger charge is 2.06. The standard InChI is InChI=1S/C15H25NO/c1-4-7-14(8-5-2)16-15-10-6-9-13(11-15)12-17-3/h6,9-11,14,16H,4-5,7-8,12H2,1-3H3. The van der Waals surface area contributed by atoms with Crippen molar-refractivity contribution in [2.24, 2.45) is 0 Å². The van der Waals surface area contributed by atoms with E-state index in [0.29, 0.717) is 12.6 Å². The molecule has 1 aromatic carbocycles. The van der Waals surface area contributed by atoms with Gasteiger partial charge in [-0.05, 0) is 30.5 Å². The molecule has 0 saturated heterocycles. The third-order valence-corrected chi connectivity index (χ3v) is 2.88. The summed E-state index contributed by atoms with van der Waals surface area (Å²) in [6, 6.07) is 9.11. The molecular formula is C15H25NO. The second-order valence-corrected chi connectivity index (χ2v) is 4.55. The number of methoxy groups -OCH3 is 1. The Bertz CT molecular complexity index is 306. The number of nitrogens with one attached hydrogen (secondary N) is 1. The zero-order valence-electron chi connectivity index (χ0n) is 11.3. The third kappa shape index (κ3) is 5.22. The Morgan fingerprint density at radius 2 is 1.88 bits per heavy atom. The average molecular weight is 235 g/mol. The third-order valence-electron chi connectivity index (χ3n) is 2.88. The highest BCUT2D eigenvalue weighted by atomic mass is 16.5. The molecule has 0 fully saturated rings. The summed E-state index contributed by atoms with van der Waals surface area (Å²) in [5.41, 5.74) is 2.44. The Balaban J connectivity index is 2.60. The van der Waals surface area contributed by atoms with E-state index >= 15 is 0 Å². The van der Waals surface area contributed by atoms with E-state index in [9.17, 15) is 0 Å². The maximum atomic E-state index is 5.16. The van der Waals surface area contributed by atoms with Crippen molar-refractivity contribution < 1.29 is 4.74 Å². The van der Waals surface area contributed by atoms with Crippen LogP contribution >= 0.6 is 0 Å². The zero-order valence-corrected chi connectivity index (χ0v) is 11.3. The maximum absolute atomic E-state index is 5.16. The van der Waals surface area contributed by atoms with Crippen LogP contribution in [0.5, 0.6) is 0 Å². The van der Waals surface area contributed by atoms with Crippen molar-refractivity contribution in [1.82, 2.24) is 0 Å². The highest BCUT2D eigenvalue weighted by molar-refractivity contribution is 5.46. The number of ether oxygens (including phenoxy) is 1. The van der Waals surface area contributed by atoms with Gasteiger partial charge in [0.1, 0.15) is 0 Å². The van der Waals surface area contributed by atoms with Gasteiger partial charge in [-0.2, -0.15) is 0 Å². The molecule has 0 radical (unpaired) electrons. The zero-order chi connectivity index (χ0) is 12.5. The largest absolute Gasteiger partial charge is 0.382 e. The lowest BCUT2D eigenvalue weighted by Crippen LogP contribution is -2.18. The van der Waals surface area contributed by atoms with E-state index in [1.807, 2.05) is 0 Å². The second kappa shape index (κ2) is 8.13. The molecule has 1 aromatic rings. The topological polar surface area (TPSA) is 21.3 Å². The van der Waals surface area contributed by atoms with Crippen molar-refractivity contribution in [1.29, 1.82) is 0 Å². The molecule has 2 heteroatoms. The second-order valence-electron chi connectivity index (χ2n) is 4.55. The maximum Gasteiger partial charge on any atom is 0.0713 e. The molecule has 0 aliphatic heterocycles. The predicted octanol–water partition coefficient (Wildman–Crippen LogP) is 4.21. The van der Waals surface area contributed by atoms with Gasteiger partial charge in [-0.25, -0.2) is 0 Å². The molecule has 1 N–H and O–H groups in total. The van der Waals surface area contributed by atoms with Gasteiger partial charge in [-0.3, -0.25) is 0 Å². The lowest BCUT2D eigenvalue weighted by molar-refractivity contribution is 0.185. The van der Waals surface area contributed by atoms with E-state index < -0.39 is 0 Å². The summed E-state index contributed by atoms with van der Waals surface area (Å²) in [6.45, 7) is 5.17. The van der Waals surface area contributed by atoms with E-state index in [4.69, 9.17) is 4.74 Å². The number of anilines is 1. The molecule has 0 heterocycles. The highest BCUT2D eigenvalue weighted by Crippen LogP contribution is 2.16.